The van der Waals surface area contributed by atoms with E-state index in [2.05, 4.69) is 18.5 Å². The first-order valence-corrected chi connectivity index (χ1v) is 5.85. The Morgan fingerprint density at radius 3 is 2.47 bits per heavy atom. The van der Waals surface area contributed by atoms with Crippen molar-refractivity contribution in [3.05, 3.63) is 12.7 Å². The van der Waals surface area contributed by atoms with Gasteiger partial charge in [-0.15, -0.1) is 6.58 Å². The molecule has 0 aromatic rings. The second-order valence-corrected chi connectivity index (χ2v) is 4.57. The van der Waals surface area contributed by atoms with Gasteiger partial charge in [0.1, 0.15) is 0 Å². The minimum absolute atomic E-state index is 0.217. The molecule has 1 saturated carbocycles. The number of ether oxygens (including phenoxy) is 2. The highest BCUT2D eigenvalue weighted by Crippen LogP contribution is 2.36. The van der Waals surface area contributed by atoms with Crippen molar-refractivity contribution in [1.82, 2.24) is 4.90 Å². The van der Waals surface area contributed by atoms with Gasteiger partial charge in [-0.25, -0.2) is 0 Å². The van der Waals surface area contributed by atoms with Gasteiger partial charge in [0.15, 0.2) is 5.79 Å². The van der Waals surface area contributed by atoms with E-state index in [0.717, 1.165) is 32.6 Å². The van der Waals surface area contributed by atoms with Gasteiger partial charge in [0, 0.05) is 25.4 Å². The normalized spacial score (nSPS) is 26.3. The summed E-state index contributed by atoms with van der Waals surface area (Å²) in [5.74, 6) is -0.217. The van der Waals surface area contributed by atoms with E-state index in [9.17, 15) is 0 Å². The molecule has 0 aromatic carbocycles. The molecule has 2 aliphatic rings. The lowest BCUT2D eigenvalue weighted by molar-refractivity contribution is -0.183. The number of nitrogens with zero attached hydrogens (tertiary/aromatic N) is 1. The maximum Gasteiger partial charge on any atom is 0.168 e. The summed E-state index contributed by atoms with van der Waals surface area (Å²) in [6.45, 7) is 6.29. The summed E-state index contributed by atoms with van der Waals surface area (Å²) in [4.78, 5) is 2.37. The van der Waals surface area contributed by atoms with Crippen LogP contribution in [-0.2, 0) is 9.47 Å². The maximum atomic E-state index is 5.71. The topological polar surface area (TPSA) is 21.7 Å². The predicted molar refractivity (Wildman–Crippen MR) is 59.7 cm³/mol. The fourth-order valence-corrected chi connectivity index (χ4v) is 2.62. The van der Waals surface area contributed by atoms with Crippen LogP contribution in [0.3, 0.4) is 0 Å². The minimum Gasteiger partial charge on any atom is -0.348 e. The van der Waals surface area contributed by atoms with Crippen molar-refractivity contribution < 1.29 is 9.47 Å². The zero-order chi connectivity index (χ0) is 10.7. The highest BCUT2D eigenvalue weighted by molar-refractivity contribution is 4.87. The minimum atomic E-state index is -0.217. The molecule has 0 N–H and O–H groups in total. The number of hydrogen-bond donors (Lipinski definition) is 0. The lowest BCUT2D eigenvalue weighted by Gasteiger charge is -2.38. The molecule has 3 heteroatoms. The fourth-order valence-electron chi connectivity index (χ4n) is 2.62. The van der Waals surface area contributed by atoms with Crippen LogP contribution < -0.4 is 0 Å². The van der Waals surface area contributed by atoms with E-state index >= 15 is 0 Å². The van der Waals surface area contributed by atoms with Crippen LogP contribution in [0.1, 0.15) is 25.7 Å². The number of likely N-dealkylation sites (N-methyl/N-ethyl adjacent to an activating group) is 1. The molecule has 0 aromatic heterocycles. The van der Waals surface area contributed by atoms with Crippen LogP contribution in [0, 0.1) is 0 Å². The maximum absolute atomic E-state index is 5.71. The number of hydrogen-bond acceptors (Lipinski definition) is 3. The van der Waals surface area contributed by atoms with Gasteiger partial charge in [0.25, 0.3) is 0 Å². The van der Waals surface area contributed by atoms with Crippen molar-refractivity contribution >= 4 is 0 Å². The van der Waals surface area contributed by atoms with Crippen molar-refractivity contribution in [2.75, 3.05) is 26.8 Å². The van der Waals surface area contributed by atoms with E-state index in [4.69, 9.17) is 9.47 Å². The summed E-state index contributed by atoms with van der Waals surface area (Å²) in [5.41, 5.74) is 0. The largest absolute Gasteiger partial charge is 0.348 e. The molecule has 0 bridgehead atoms. The standard InChI is InChI=1S/C12H21NO2/c1-3-8-13(2)11-4-6-12(7-5-11)14-9-10-15-12/h3,11H,1,4-10H2,2H3. The van der Waals surface area contributed by atoms with Crippen molar-refractivity contribution in [1.29, 1.82) is 0 Å². The number of rotatable bonds is 3. The molecule has 1 heterocycles. The predicted octanol–water partition coefficient (Wildman–Crippen LogP) is 1.79. The Kier molecular flexibility index (Phi) is 3.44. The Labute approximate surface area is 92.0 Å². The highest BCUT2D eigenvalue weighted by atomic mass is 16.7. The van der Waals surface area contributed by atoms with Crippen LogP contribution in [0.5, 0.6) is 0 Å². The summed E-state index contributed by atoms with van der Waals surface area (Å²) in [6, 6.07) is 0.668. The molecule has 0 amide bonds. The molecule has 0 unspecified atom stereocenters. The van der Waals surface area contributed by atoms with Crippen molar-refractivity contribution in [2.45, 2.75) is 37.5 Å². The fraction of sp³-hybridized carbons (Fsp3) is 0.833. The second kappa shape index (κ2) is 4.64. The molecule has 3 nitrogen and oxygen atoms in total. The average molecular weight is 211 g/mol. The molecule has 0 atom stereocenters. The third kappa shape index (κ3) is 2.41. The van der Waals surface area contributed by atoms with E-state index in [1.54, 1.807) is 0 Å². The summed E-state index contributed by atoms with van der Waals surface area (Å²) in [6.07, 6.45) is 6.39. The zero-order valence-corrected chi connectivity index (χ0v) is 9.58. The molecular formula is C12H21NO2. The average Bonchev–Trinajstić information content (AvgIpc) is 2.68. The zero-order valence-electron chi connectivity index (χ0n) is 9.58. The molecule has 86 valence electrons. The van der Waals surface area contributed by atoms with Crippen LogP contribution >= 0.6 is 0 Å². The molecule has 15 heavy (non-hydrogen) atoms. The SMILES string of the molecule is C=CCN(C)C1CCC2(CC1)OCCO2. The van der Waals surface area contributed by atoms with E-state index in [-0.39, 0.29) is 5.79 Å². The van der Waals surface area contributed by atoms with Gasteiger partial charge >= 0.3 is 0 Å². The van der Waals surface area contributed by atoms with Crippen LogP contribution in [0.4, 0.5) is 0 Å². The first-order valence-electron chi connectivity index (χ1n) is 5.85. The van der Waals surface area contributed by atoms with Crippen molar-refractivity contribution in [2.24, 2.45) is 0 Å². The summed E-state index contributed by atoms with van der Waals surface area (Å²) >= 11 is 0. The second-order valence-electron chi connectivity index (χ2n) is 4.57. The van der Waals surface area contributed by atoms with E-state index < -0.39 is 0 Å². The van der Waals surface area contributed by atoms with Gasteiger partial charge < -0.3 is 9.47 Å². The highest BCUT2D eigenvalue weighted by Gasteiger charge is 2.40. The smallest absolute Gasteiger partial charge is 0.168 e. The van der Waals surface area contributed by atoms with Crippen molar-refractivity contribution in [3.63, 3.8) is 0 Å². The van der Waals surface area contributed by atoms with E-state index in [1.807, 2.05) is 6.08 Å². The lowest BCUT2D eigenvalue weighted by atomic mass is 9.89. The molecule has 2 fully saturated rings. The first kappa shape index (κ1) is 11.1. The van der Waals surface area contributed by atoms with Gasteiger partial charge in [-0.1, -0.05) is 6.08 Å². The summed E-state index contributed by atoms with van der Waals surface area (Å²) < 4.78 is 11.4. The van der Waals surface area contributed by atoms with E-state index in [0.29, 0.717) is 6.04 Å². The third-order valence-corrected chi connectivity index (χ3v) is 3.57. The Balaban J connectivity index is 1.83. The molecule has 2 rings (SSSR count). The van der Waals surface area contributed by atoms with Crippen LogP contribution in [0.25, 0.3) is 0 Å². The van der Waals surface area contributed by atoms with Gasteiger partial charge in [0.05, 0.1) is 13.2 Å². The molecule has 1 aliphatic carbocycles. The third-order valence-electron chi connectivity index (χ3n) is 3.57. The lowest BCUT2D eigenvalue weighted by Crippen LogP contribution is -2.42. The summed E-state index contributed by atoms with van der Waals surface area (Å²) in [5, 5.41) is 0. The molecule has 1 aliphatic heterocycles. The van der Waals surface area contributed by atoms with Gasteiger partial charge in [-0.05, 0) is 19.9 Å². The van der Waals surface area contributed by atoms with E-state index in [1.165, 1.54) is 12.8 Å². The van der Waals surface area contributed by atoms with Gasteiger partial charge in [0.2, 0.25) is 0 Å². The Bertz CT molecular complexity index is 214. The van der Waals surface area contributed by atoms with Crippen molar-refractivity contribution in [3.8, 4) is 0 Å². The summed E-state index contributed by atoms with van der Waals surface area (Å²) in [7, 11) is 2.17. The first-order chi connectivity index (χ1) is 7.26. The monoisotopic (exact) mass is 211 g/mol. The molecule has 1 saturated heterocycles. The van der Waals surface area contributed by atoms with Crippen LogP contribution in [0.15, 0.2) is 12.7 Å². The quantitative estimate of drug-likeness (QED) is 0.664. The van der Waals surface area contributed by atoms with Crippen LogP contribution in [0.2, 0.25) is 0 Å². The Hall–Kier alpha value is -0.380. The molecule has 1 spiro atoms. The molecule has 0 radical (unpaired) electrons. The van der Waals surface area contributed by atoms with Gasteiger partial charge in [-0.2, -0.15) is 0 Å². The van der Waals surface area contributed by atoms with Crippen LogP contribution in [-0.4, -0.2) is 43.5 Å². The molecular weight excluding hydrogens is 190 g/mol. The van der Waals surface area contributed by atoms with Gasteiger partial charge in [-0.3, -0.25) is 4.90 Å². The Morgan fingerprint density at radius 1 is 1.33 bits per heavy atom. The Morgan fingerprint density at radius 2 is 1.93 bits per heavy atom.